The lowest BCUT2D eigenvalue weighted by atomic mass is 10.3. The minimum absolute atomic E-state index is 0.156. The van der Waals surface area contributed by atoms with Crippen LogP contribution in [0.3, 0.4) is 0 Å². The Balaban J connectivity index is 2.64. The van der Waals surface area contributed by atoms with E-state index in [1.54, 1.807) is 11.9 Å². The van der Waals surface area contributed by atoms with Crippen LogP contribution in [0, 0.1) is 10.1 Å². The molecule has 19 heavy (non-hydrogen) atoms. The molecule has 0 bridgehead atoms. The maximum absolute atomic E-state index is 11.0. The number of pyridine rings is 1. The second-order valence-electron chi connectivity index (χ2n) is 3.86. The van der Waals surface area contributed by atoms with Gasteiger partial charge in [0.2, 0.25) is 0 Å². The standard InChI is InChI=1S/C11H14ClN3O4/c1-14(5-3-4-10(16)19-2)11-9(12)6-8(7-13-11)15(17)18/h6-7H,3-5H2,1-2H3. The highest BCUT2D eigenvalue weighted by Gasteiger charge is 2.14. The van der Waals surface area contributed by atoms with Crippen LogP contribution in [0.5, 0.6) is 0 Å². The number of aromatic nitrogens is 1. The van der Waals surface area contributed by atoms with Gasteiger partial charge in [-0.3, -0.25) is 14.9 Å². The predicted octanol–water partition coefficient (Wildman–Crippen LogP) is 2.03. The SMILES string of the molecule is COC(=O)CCCN(C)c1ncc([N+](=O)[O-])cc1Cl. The topological polar surface area (TPSA) is 85.6 Å². The maximum atomic E-state index is 11.0. The second kappa shape index (κ2) is 6.89. The fraction of sp³-hybridized carbons (Fsp3) is 0.455. The Morgan fingerprint density at radius 2 is 2.32 bits per heavy atom. The number of esters is 1. The molecule has 1 aromatic rings. The molecule has 0 aliphatic carbocycles. The molecule has 0 radical (unpaired) electrons. The molecule has 0 amide bonds. The normalized spacial score (nSPS) is 10.1. The summed E-state index contributed by atoms with van der Waals surface area (Å²) in [6.07, 6.45) is 2.03. The van der Waals surface area contributed by atoms with Crippen molar-refractivity contribution in [2.45, 2.75) is 12.8 Å². The van der Waals surface area contributed by atoms with Gasteiger partial charge in [0, 0.05) is 26.1 Å². The van der Waals surface area contributed by atoms with E-state index in [9.17, 15) is 14.9 Å². The van der Waals surface area contributed by atoms with Crippen molar-refractivity contribution in [1.82, 2.24) is 4.98 Å². The van der Waals surface area contributed by atoms with Crippen LogP contribution >= 0.6 is 11.6 Å². The molecule has 104 valence electrons. The van der Waals surface area contributed by atoms with Gasteiger partial charge < -0.3 is 9.64 Å². The fourth-order valence-electron chi connectivity index (χ4n) is 1.47. The highest BCUT2D eigenvalue weighted by Crippen LogP contribution is 2.26. The summed E-state index contributed by atoms with van der Waals surface area (Å²) in [6.45, 7) is 0.541. The highest BCUT2D eigenvalue weighted by molar-refractivity contribution is 6.33. The van der Waals surface area contributed by atoms with Crippen molar-refractivity contribution in [2.24, 2.45) is 0 Å². The Hall–Kier alpha value is -1.89. The zero-order valence-corrected chi connectivity index (χ0v) is 11.4. The Kier molecular flexibility index (Phi) is 5.50. The van der Waals surface area contributed by atoms with Gasteiger partial charge in [-0.15, -0.1) is 0 Å². The maximum Gasteiger partial charge on any atom is 0.305 e. The number of methoxy groups -OCH3 is 1. The van der Waals surface area contributed by atoms with Gasteiger partial charge in [0.05, 0.1) is 17.1 Å². The molecule has 0 atom stereocenters. The molecule has 1 aromatic heterocycles. The van der Waals surface area contributed by atoms with Crippen LogP contribution in [0.25, 0.3) is 0 Å². The van der Waals surface area contributed by atoms with Crippen molar-refractivity contribution in [3.8, 4) is 0 Å². The highest BCUT2D eigenvalue weighted by atomic mass is 35.5. The molecule has 8 heteroatoms. The lowest BCUT2D eigenvalue weighted by Gasteiger charge is -2.18. The van der Waals surface area contributed by atoms with E-state index in [0.29, 0.717) is 25.2 Å². The number of hydrogen-bond donors (Lipinski definition) is 0. The third-order valence-corrected chi connectivity index (χ3v) is 2.76. The summed E-state index contributed by atoms with van der Waals surface area (Å²) in [7, 11) is 3.08. The Bertz CT molecular complexity index is 481. The van der Waals surface area contributed by atoms with Gasteiger partial charge in [-0.25, -0.2) is 4.98 Å². The van der Waals surface area contributed by atoms with Gasteiger partial charge in [0.15, 0.2) is 0 Å². The molecule has 1 rings (SSSR count). The van der Waals surface area contributed by atoms with Crippen LogP contribution in [-0.2, 0) is 9.53 Å². The summed E-state index contributed by atoms with van der Waals surface area (Å²) in [5, 5.41) is 10.8. The third kappa shape index (κ3) is 4.36. The van der Waals surface area contributed by atoms with E-state index in [4.69, 9.17) is 11.6 Å². The summed E-state index contributed by atoms with van der Waals surface area (Å²) in [5.41, 5.74) is -0.156. The van der Waals surface area contributed by atoms with Gasteiger partial charge in [0.25, 0.3) is 5.69 Å². The number of carbonyl (C=O) groups is 1. The van der Waals surface area contributed by atoms with Crippen molar-refractivity contribution in [1.29, 1.82) is 0 Å². The largest absolute Gasteiger partial charge is 0.469 e. The van der Waals surface area contributed by atoms with Crippen LogP contribution in [0.1, 0.15) is 12.8 Å². The number of hydrogen-bond acceptors (Lipinski definition) is 6. The minimum atomic E-state index is -0.556. The van der Waals surface area contributed by atoms with E-state index in [2.05, 4.69) is 9.72 Å². The number of ether oxygens (including phenoxy) is 1. The number of carbonyl (C=O) groups excluding carboxylic acids is 1. The van der Waals surface area contributed by atoms with Gasteiger partial charge in [0.1, 0.15) is 12.0 Å². The average molecular weight is 288 g/mol. The summed E-state index contributed by atoms with van der Waals surface area (Å²) in [4.78, 5) is 26.6. The van der Waals surface area contributed by atoms with Crippen LogP contribution in [0.4, 0.5) is 11.5 Å². The van der Waals surface area contributed by atoms with E-state index < -0.39 is 4.92 Å². The first-order valence-corrected chi connectivity index (χ1v) is 5.91. The zero-order valence-electron chi connectivity index (χ0n) is 10.6. The molecule has 7 nitrogen and oxygen atoms in total. The lowest BCUT2D eigenvalue weighted by molar-refractivity contribution is -0.385. The van der Waals surface area contributed by atoms with Crippen LogP contribution in [-0.4, -0.2) is 36.6 Å². The number of nitrogens with zero attached hydrogens (tertiary/aromatic N) is 3. The summed E-state index contributed by atoms with van der Waals surface area (Å²) in [6, 6.07) is 1.25. The first-order chi connectivity index (χ1) is 8.95. The van der Waals surface area contributed by atoms with E-state index >= 15 is 0 Å². The first-order valence-electron chi connectivity index (χ1n) is 5.53. The van der Waals surface area contributed by atoms with Gasteiger partial charge in [-0.1, -0.05) is 11.6 Å². The van der Waals surface area contributed by atoms with Gasteiger partial charge in [-0.05, 0) is 6.42 Å². The molecule has 0 saturated heterocycles. The Labute approximate surface area is 115 Å². The van der Waals surface area contributed by atoms with Crippen LogP contribution in [0.2, 0.25) is 5.02 Å². The first kappa shape index (κ1) is 15.2. The molecule has 0 N–H and O–H groups in total. The number of rotatable bonds is 6. The smallest absolute Gasteiger partial charge is 0.305 e. The molecule has 0 aliphatic rings. The zero-order chi connectivity index (χ0) is 14.4. The van der Waals surface area contributed by atoms with Gasteiger partial charge >= 0.3 is 5.97 Å². The molecule has 0 saturated carbocycles. The molecular formula is C11H14ClN3O4. The molecule has 0 fully saturated rings. The van der Waals surface area contributed by atoms with Gasteiger partial charge in [-0.2, -0.15) is 0 Å². The van der Waals surface area contributed by atoms with E-state index in [0.717, 1.165) is 6.20 Å². The lowest BCUT2D eigenvalue weighted by Crippen LogP contribution is -2.21. The molecule has 0 aromatic carbocycles. The average Bonchev–Trinajstić information content (AvgIpc) is 2.37. The van der Waals surface area contributed by atoms with Crippen molar-refractivity contribution in [3.05, 3.63) is 27.4 Å². The summed E-state index contributed by atoms with van der Waals surface area (Å²) >= 11 is 5.94. The minimum Gasteiger partial charge on any atom is -0.469 e. The Morgan fingerprint density at radius 1 is 1.63 bits per heavy atom. The summed E-state index contributed by atoms with van der Waals surface area (Å²) < 4.78 is 4.53. The number of nitro groups is 1. The molecule has 0 aliphatic heterocycles. The second-order valence-corrected chi connectivity index (χ2v) is 4.26. The molecule has 0 unspecified atom stereocenters. The van der Waals surface area contributed by atoms with E-state index in [1.807, 2.05) is 0 Å². The predicted molar refractivity (Wildman–Crippen MR) is 70.4 cm³/mol. The quantitative estimate of drug-likeness (QED) is 0.452. The molecule has 0 spiro atoms. The third-order valence-electron chi connectivity index (χ3n) is 2.48. The van der Waals surface area contributed by atoms with Crippen molar-refractivity contribution in [2.75, 3.05) is 25.6 Å². The number of halogens is 1. The van der Waals surface area contributed by atoms with E-state index in [1.165, 1.54) is 13.2 Å². The van der Waals surface area contributed by atoms with Crippen LogP contribution in [0.15, 0.2) is 12.3 Å². The molecular weight excluding hydrogens is 274 g/mol. The Morgan fingerprint density at radius 3 is 2.84 bits per heavy atom. The van der Waals surface area contributed by atoms with Crippen molar-refractivity contribution in [3.63, 3.8) is 0 Å². The monoisotopic (exact) mass is 287 g/mol. The van der Waals surface area contributed by atoms with Crippen molar-refractivity contribution < 1.29 is 14.5 Å². The molecule has 1 heterocycles. The van der Waals surface area contributed by atoms with Crippen LogP contribution < -0.4 is 4.90 Å². The van der Waals surface area contributed by atoms with Crippen molar-refractivity contribution >= 4 is 29.1 Å². The number of anilines is 1. The van der Waals surface area contributed by atoms with E-state index in [-0.39, 0.29) is 16.7 Å². The summed E-state index contributed by atoms with van der Waals surface area (Å²) in [5.74, 6) is 0.160. The fourth-order valence-corrected chi connectivity index (χ4v) is 1.77.